The normalized spacial score (nSPS) is 26.5. The Morgan fingerprint density at radius 3 is 2.21 bits per heavy atom. The molecule has 7 atom stereocenters. The van der Waals surface area contributed by atoms with E-state index >= 15 is 0 Å². The van der Waals surface area contributed by atoms with Gasteiger partial charge in [0.25, 0.3) is 17.7 Å². The second-order valence-corrected chi connectivity index (χ2v) is 17.8. The van der Waals surface area contributed by atoms with Gasteiger partial charge in [-0.1, -0.05) is 19.1 Å². The van der Waals surface area contributed by atoms with Crippen LogP contribution >= 0.6 is 0 Å². The first-order chi connectivity index (χ1) is 22.6. The molecule has 0 radical (unpaired) electrons. The fourth-order valence-electron chi connectivity index (χ4n) is 7.52. The molecule has 2 aromatic rings. The summed E-state index contributed by atoms with van der Waals surface area (Å²) in [5.74, 6) is -2.31. The first kappa shape index (κ1) is 35.6. The number of nitrogens with zero attached hydrogens (tertiary/aromatic N) is 2. The Morgan fingerprint density at radius 2 is 1.62 bits per heavy atom. The van der Waals surface area contributed by atoms with Crippen LogP contribution in [0, 0.1) is 5.92 Å². The number of aliphatic hydroxyl groups is 3. The predicted octanol–water partition coefficient (Wildman–Crippen LogP) is 2.04. The van der Waals surface area contributed by atoms with Crippen molar-refractivity contribution < 1.29 is 44.0 Å². The molecule has 6 N–H and O–H groups in total. The molecule has 0 aliphatic carbocycles. The van der Waals surface area contributed by atoms with Crippen molar-refractivity contribution in [3.8, 4) is 0 Å². The molecule has 48 heavy (non-hydrogen) atoms. The maximum absolute atomic E-state index is 14.8. The zero-order chi connectivity index (χ0) is 35.1. The van der Waals surface area contributed by atoms with Gasteiger partial charge in [-0.15, -0.1) is 0 Å². The van der Waals surface area contributed by atoms with Crippen molar-refractivity contribution >= 4 is 49.0 Å². The van der Waals surface area contributed by atoms with Crippen LogP contribution in [-0.2, 0) is 36.1 Å². The summed E-state index contributed by atoms with van der Waals surface area (Å²) in [6.07, 6.45) is -1.82. The lowest BCUT2D eigenvalue weighted by Gasteiger charge is -2.33. The minimum Gasteiger partial charge on any atom is -0.432 e. The van der Waals surface area contributed by atoms with Crippen LogP contribution in [0.1, 0.15) is 51.2 Å². The summed E-state index contributed by atoms with van der Waals surface area (Å²) >= 11 is 0. The summed E-state index contributed by atoms with van der Waals surface area (Å²) in [4.78, 5) is 67.6. The molecule has 14 heteroatoms. The van der Waals surface area contributed by atoms with Crippen LogP contribution in [0.2, 0.25) is 18.6 Å². The SMILES string of the molecule is C[C@H](O)C(=O)Nc1ccc(CN2C(=O)[C@@]3(O[C@@H](CC(=O)N4CCC[C@H]4CO)[C@H]([Si](C)(C)O)[C@H]3C)c3cc(NC(=O)[C@H](C)O)ccc32)cc1. The molecule has 0 unspecified atom stereocenters. The number of aliphatic hydroxyl groups excluding tert-OH is 3. The highest BCUT2D eigenvalue weighted by molar-refractivity contribution is 6.71. The van der Waals surface area contributed by atoms with Crippen LogP contribution in [-0.4, -0.2) is 94.5 Å². The Kier molecular flexibility index (Phi) is 10.2. The largest absolute Gasteiger partial charge is 0.432 e. The summed E-state index contributed by atoms with van der Waals surface area (Å²) in [5, 5.41) is 34.5. The number of carbonyl (C=O) groups is 4. The van der Waals surface area contributed by atoms with Crippen molar-refractivity contribution in [2.24, 2.45) is 5.92 Å². The Morgan fingerprint density at radius 1 is 1.02 bits per heavy atom. The topological polar surface area (TPSA) is 189 Å². The van der Waals surface area contributed by atoms with Gasteiger partial charge in [-0.05, 0) is 75.7 Å². The van der Waals surface area contributed by atoms with Gasteiger partial charge in [0, 0.05) is 34.9 Å². The Labute approximate surface area is 281 Å². The zero-order valence-corrected chi connectivity index (χ0v) is 29.0. The van der Waals surface area contributed by atoms with Crippen LogP contribution in [0.25, 0.3) is 0 Å². The van der Waals surface area contributed by atoms with E-state index in [0.29, 0.717) is 35.6 Å². The monoisotopic (exact) mass is 682 g/mol. The quantitative estimate of drug-likeness (QED) is 0.204. The van der Waals surface area contributed by atoms with Crippen molar-refractivity contribution in [1.82, 2.24) is 4.90 Å². The molecule has 2 aromatic carbocycles. The van der Waals surface area contributed by atoms with Gasteiger partial charge >= 0.3 is 0 Å². The predicted molar refractivity (Wildman–Crippen MR) is 180 cm³/mol. The highest BCUT2D eigenvalue weighted by Gasteiger charge is 2.66. The Bertz CT molecular complexity index is 1560. The lowest BCUT2D eigenvalue weighted by atomic mass is 9.82. The van der Waals surface area contributed by atoms with Gasteiger partial charge in [-0.25, -0.2) is 0 Å². The maximum Gasteiger partial charge on any atom is 0.264 e. The third-order valence-corrected chi connectivity index (χ3v) is 12.4. The number of rotatable bonds is 10. The fraction of sp³-hybridized carbons (Fsp3) is 0.529. The number of likely N-dealkylation sites (tertiary alicyclic amines) is 1. The van der Waals surface area contributed by atoms with E-state index in [1.807, 2.05) is 6.92 Å². The summed E-state index contributed by atoms with van der Waals surface area (Å²) in [6, 6.07) is 11.6. The lowest BCUT2D eigenvalue weighted by Crippen LogP contribution is -2.46. The number of anilines is 3. The van der Waals surface area contributed by atoms with E-state index in [2.05, 4.69) is 10.6 Å². The number of benzene rings is 2. The number of fused-ring (bicyclic) bond motifs is 2. The van der Waals surface area contributed by atoms with Crippen molar-refractivity contribution in [3.05, 3.63) is 53.6 Å². The van der Waals surface area contributed by atoms with Crippen molar-refractivity contribution in [2.75, 3.05) is 28.7 Å². The third kappa shape index (κ3) is 6.65. The molecule has 5 rings (SSSR count). The first-order valence-electron chi connectivity index (χ1n) is 16.4. The number of nitrogens with one attached hydrogen (secondary N) is 2. The highest BCUT2D eigenvalue weighted by Crippen LogP contribution is 2.60. The van der Waals surface area contributed by atoms with Crippen LogP contribution in [0.4, 0.5) is 17.1 Å². The van der Waals surface area contributed by atoms with Crippen LogP contribution in [0.3, 0.4) is 0 Å². The molecular formula is C34H46N4O9Si. The van der Waals surface area contributed by atoms with Gasteiger partial charge in [-0.3, -0.25) is 19.2 Å². The second-order valence-electron chi connectivity index (χ2n) is 13.8. The molecule has 0 aromatic heterocycles. The maximum atomic E-state index is 14.8. The average molecular weight is 683 g/mol. The number of hydrogen-bond donors (Lipinski definition) is 6. The molecule has 1 spiro atoms. The van der Waals surface area contributed by atoms with E-state index in [4.69, 9.17) is 4.74 Å². The van der Waals surface area contributed by atoms with Gasteiger partial charge in [0.05, 0.1) is 37.4 Å². The highest BCUT2D eigenvalue weighted by atomic mass is 28.4. The van der Waals surface area contributed by atoms with E-state index in [9.17, 15) is 39.3 Å². The fourth-order valence-corrected chi connectivity index (χ4v) is 10.1. The zero-order valence-electron chi connectivity index (χ0n) is 28.0. The van der Waals surface area contributed by atoms with E-state index < -0.39 is 55.5 Å². The van der Waals surface area contributed by atoms with Crippen LogP contribution in [0.5, 0.6) is 0 Å². The molecule has 260 valence electrons. The molecule has 3 aliphatic rings. The summed E-state index contributed by atoms with van der Waals surface area (Å²) in [7, 11) is -3.08. The minimum atomic E-state index is -3.08. The second kappa shape index (κ2) is 13.7. The van der Waals surface area contributed by atoms with E-state index in [0.717, 1.165) is 12.0 Å². The van der Waals surface area contributed by atoms with Gasteiger partial charge in [0.2, 0.25) is 5.91 Å². The van der Waals surface area contributed by atoms with Gasteiger partial charge in [0.1, 0.15) is 12.2 Å². The molecule has 3 heterocycles. The molecule has 0 saturated carbocycles. The van der Waals surface area contributed by atoms with Crippen LogP contribution < -0.4 is 15.5 Å². The number of carbonyl (C=O) groups excluding carboxylic acids is 4. The number of ether oxygens (including phenoxy) is 1. The summed E-state index contributed by atoms with van der Waals surface area (Å²) in [5.41, 5.74) is 0.488. The number of amides is 4. The van der Waals surface area contributed by atoms with Gasteiger partial charge in [-0.2, -0.15) is 0 Å². The van der Waals surface area contributed by atoms with Crippen molar-refractivity contribution in [2.45, 2.75) is 95.2 Å². The minimum absolute atomic E-state index is 0.0645. The molecule has 2 fully saturated rings. The molecule has 13 nitrogen and oxygen atoms in total. The first-order valence-corrected chi connectivity index (χ1v) is 19.4. The smallest absolute Gasteiger partial charge is 0.264 e. The third-order valence-electron chi connectivity index (χ3n) is 9.86. The molecule has 0 bridgehead atoms. The standard InChI is InChI=1S/C34H46N4O9Si/c1-19-30(48(4,5)46)28(16-29(42)37-14-6-7-25(37)18-39)47-34(19)26-15-24(36-32(44)21(3)41)12-13-27(26)38(33(34)45)17-22-8-10-23(11-9-22)35-31(43)20(2)40/h8-13,15,19-21,25,28,30,39-41,46H,6-7,14,16-18H2,1-5H3,(H,35,43)(H,36,44)/t19-,20+,21+,25+,28+,30-,34+/m1/s1. The summed E-state index contributed by atoms with van der Waals surface area (Å²) < 4.78 is 6.80. The molecule has 4 amide bonds. The molecule has 2 saturated heterocycles. The Balaban J connectivity index is 1.53. The molecule has 3 aliphatic heterocycles. The van der Waals surface area contributed by atoms with Gasteiger partial charge < -0.3 is 45.3 Å². The van der Waals surface area contributed by atoms with E-state index in [1.54, 1.807) is 65.4 Å². The van der Waals surface area contributed by atoms with Crippen molar-refractivity contribution in [3.63, 3.8) is 0 Å². The summed E-state index contributed by atoms with van der Waals surface area (Å²) in [6.45, 7) is 8.63. The van der Waals surface area contributed by atoms with Crippen molar-refractivity contribution in [1.29, 1.82) is 0 Å². The molecular weight excluding hydrogens is 636 g/mol. The lowest BCUT2D eigenvalue weighted by molar-refractivity contribution is -0.150. The van der Waals surface area contributed by atoms with E-state index in [-0.39, 0.29) is 37.4 Å². The number of hydrogen-bond acceptors (Lipinski definition) is 9. The van der Waals surface area contributed by atoms with Gasteiger partial charge in [0.15, 0.2) is 13.9 Å². The van der Waals surface area contributed by atoms with Crippen LogP contribution in [0.15, 0.2) is 42.5 Å². The average Bonchev–Trinajstić information content (AvgIpc) is 3.68. The van der Waals surface area contributed by atoms with E-state index in [1.165, 1.54) is 13.8 Å². The Hall–Kier alpha value is -3.66.